The maximum atomic E-state index is 14.3. The Morgan fingerprint density at radius 1 is 1.00 bits per heavy atom. The quantitative estimate of drug-likeness (QED) is 0.419. The molecule has 3 aromatic rings. The molecule has 0 bridgehead atoms. The van der Waals surface area contributed by atoms with Crippen LogP contribution in [0.4, 0.5) is 14.9 Å². The number of carbonyl (C=O) groups is 1. The summed E-state index contributed by atoms with van der Waals surface area (Å²) < 4.78 is 19.7. The number of halogens is 1. The minimum Gasteiger partial charge on any atom is -0.449 e. The first kappa shape index (κ1) is 23.0. The summed E-state index contributed by atoms with van der Waals surface area (Å²) in [7, 11) is 0. The molecular weight excluding hydrogens is 415 g/mol. The number of likely N-dealkylation sites (tertiary alicyclic amines) is 1. The van der Waals surface area contributed by atoms with Gasteiger partial charge in [0.25, 0.3) is 0 Å². The Labute approximate surface area is 195 Å². The average molecular weight is 447 g/mol. The third kappa shape index (κ3) is 5.79. The van der Waals surface area contributed by atoms with Crippen molar-refractivity contribution in [3.8, 4) is 0 Å². The zero-order valence-electron chi connectivity index (χ0n) is 19.1. The van der Waals surface area contributed by atoms with Crippen LogP contribution in [0, 0.1) is 11.7 Å². The van der Waals surface area contributed by atoms with Crippen molar-refractivity contribution in [1.29, 1.82) is 0 Å². The summed E-state index contributed by atoms with van der Waals surface area (Å²) >= 11 is 0. The van der Waals surface area contributed by atoms with Gasteiger partial charge in [-0.3, -0.25) is 9.80 Å². The number of hydrogen-bond acceptors (Lipinski definition) is 3. The van der Waals surface area contributed by atoms with Crippen LogP contribution in [0.3, 0.4) is 0 Å². The topological polar surface area (TPSA) is 32.8 Å². The monoisotopic (exact) mass is 446 g/mol. The lowest BCUT2D eigenvalue weighted by molar-refractivity contribution is 0.138. The van der Waals surface area contributed by atoms with Gasteiger partial charge in [-0.15, -0.1) is 0 Å². The molecule has 1 saturated heterocycles. The van der Waals surface area contributed by atoms with Crippen molar-refractivity contribution in [2.75, 3.05) is 24.6 Å². The maximum absolute atomic E-state index is 14.3. The molecule has 5 heteroatoms. The van der Waals surface area contributed by atoms with Crippen LogP contribution in [0.25, 0.3) is 0 Å². The van der Waals surface area contributed by atoms with Gasteiger partial charge in [-0.25, -0.2) is 9.18 Å². The molecule has 0 radical (unpaired) electrons. The third-order valence-corrected chi connectivity index (χ3v) is 6.30. The van der Waals surface area contributed by atoms with E-state index in [9.17, 15) is 9.18 Å². The zero-order chi connectivity index (χ0) is 23.0. The van der Waals surface area contributed by atoms with Crippen LogP contribution in [-0.4, -0.2) is 30.7 Å². The molecule has 1 atom stereocenters. The number of anilines is 1. The fourth-order valence-corrected chi connectivity index (χ4v) is 4.75. The molecule has 3 aromatic carbocycles. The van der Waals surface area contributed by atoms with E-state index in [0.29, 0.717) is 0 Å². The molecule has 0 aliphatic carbocycles. The molecule has 1 unspecified atom stereocenters. The molecule has 1 amide bonds. The van der Waals surface area contributed by atoms with Gasteiger partial charge >= 0.3 is 6.09 Å². The Morgan fingerprint density at radius 2 is 1.67 bits per heavy atom. The van der Waals surface area contributed by atoms with Crippen molar-refractivity contribution in [2.45, 2.75) is 32.4 Å². The van der Waals surface area contributed by atoms with Gasteiger partial charge in [0, 0.05) is 12.2 Å². The standard InChI is InChI=1S/C28H31FN2O2/c1-2-33-28(32)31(26-14-7-4-8-15-26)27(24-12-9-13-25(29)20-24)23-16-18-30(19-17-23)21-22-10-5-3-6-11-22/h3-15,20,23,27H,2,16-19,21H2,1H3. The number of para-hydroxylation sites is 1. The number of ether oxygens (including phenoxy) is 1. The van der Waals surface area contributed by atoms with Gasteiger partial charge < -0.3 is 4.74 Å². The highest BCUT2D eigenvalue weighted by atomic mass is 19.1. The summed E-state index contributed by atoms with van der Waals surface area (Å²) in [5.41, 5.74) is 2.86. The second-order valence-corrected chi connectivity index (χ2v) is 8.50. The van der Waals surface area contributed by atoms with Gasteiger partial charge in [0.15, 0.2) is 0 Å². The lowest BCUT2D eigenvalue weighted by atomic mass is 9.84. The van der Waals surface area contributed by atoms with Gasteiger partial charge in [-0.1, -0.05) is 60.7 Å². The van der Waals surface area contributed by atoms with E-state index in [1.54, 1.807) is 24.0 Å². The molecule has 1 aliphatic heterocycles. The third-order valence-electron chi connectivity index (χ3n) is 6.30. The van der Waals surface area contributed by atoms with E-state index >= 15 is 0 Å². The van der Waals surface area contributed by atoms with E-state index in [2.05, 4.69) is 29.2 Å². The van der Waals surface area contributed by atoms with Crippen molar-refractivity contribution >= 4 is 11.8 Å². The molecule has 33 heavy (non-hydrogen) atoms. The minimum absolute atomic E-state index is 0.184. The summed E-state index contributed by atoms with van der Waals surface area (Å²) in [5, 5.41) is 0. The molecule has 4 rings (SSSR count). The average Bonchev–Trinajstić information content (AvgIpc) is 2.84. The predicted molar refractivity (Wildman–Crippen MR) is 130 cm³/mol. The zero-order valence-corrected chi connectivity index (χ0v) is 19.1. The normalized spacial score (nSPS) is 15.7. The second-order valence-electron chi connectivity index (χ2n) is 8.50. The Hall–Kier alpha value is -3.18. The Bertz CT molecular complexity index is 1020. The molecule has 0 spiro atoms. The first-order chi connectivity index (χ1) is 16.2. The fourth-order valence-electron chi connectivity index (χ4n) is 4.75. The molecule has 0 saturated carbocycles. The van der Waals surface area contributed by atoms with Gasteiger partial charge in [-0.2, -0.15) is 0 Å². The Balaban J connectivity index is 1.62. The second kappa shape index (κ2) is 11.1. The lowest BCUT2D eigenvalue weighted by Gasteiger charge is -2.41. The summed E-state index contributed by atoms with van der Waals surface area (Å²) in [6.07, 6.45) is 1.43. The summed E-state index contributed by atoms with van der Waals surface area (Å²) in [5.74, 6) is -0.112. The predicted octanol–water partition coefficient (Wildman–Crippen LogP) is 6.44. The number of hydrogen-bond donors (Lipinski definition) is 0. The Morgan fingerprint density at radius 3 is 2.30 bits per heavy atom. The van der Waals surface area contributed by atoms with Crippen molar-refractivity contribution in [3.05, 3.63) is 102 Å². The molecule has 1 fully saturated rings. The smallest absolute Gasteiger partial charge is 0.414 e. The van der Waals surface area contributed by atoms with Crippen molar-refractivity contribution < 1.29 is 13.9 Å². The molecular formula is C28H31FN2O2. The maximum Gasteiger partial charge on any atom is 0.414 e. The summed E-state index contributed by atoms with van der Waals surface area (Å²) in [6.45, 7) is 4.86. The van der Waals surface area contributed by atoms with Gasteiger partial charge in [0.1, 0.15) is 5.82 Å². The van der Waals surface area contributed by atoms with Crippen LogP contribution in [0.2, 0.25) is 0 Å². The SMILES string of the molecule is CCOC(=O)N(c1ccccc1)C(c1cccc(F)c1)C1CCN(Cc2ccccc2)CC1. The molecule has 1 heterocycles. The van der Waals surface area contributed by atoms with E-state index in [0.717, 1.165) is 43.7 Å². The highest BCUT2D eigenvalue weighted by Gasteiger charge is 2.36. The van der Waals surface area contributed by atoms with Crippen LogP contribution >= 0.6 is 0 Å². The van der Waals surface area contributed by atoms with E-state index < -0.39 is 6.09 Å². The molecule has 0 N–H and O–H groups in total. The number of amides is 1. The molecule has 4 nitrogen and oxygen atoms in total. The van der Waals surface area contributed by atoms with E-state index in [4.69, 9.17) is 4.74 Å². The van der Waals surface area contributed by atoms with Crippen LogP contribution < -0.4 is 4.90 Å². The van der Waals surface area contributed by atoms with Gasteiger partial charge in [0.05, 0.1) is 12.6 Å². The fraction of sp³-hybridized carbons (Fsp3) is 0.321. The molecule has 172 valence electrons. The van der Waals surface area contributed by atoms with Crippen LogP contribution in [-0.2, 0) is 11.3 Å². The summed E-state index contributed by atoms with van der Waals surface area (Å²) in [4.78, 5) is 17.4. The number of carbonyl (C=O) groups excluding carboxylic acids is 1. The van der Waals surface area contributed by atoms with Crippen LogP contribution in [0.15, 0.2) is 84.9 Å². The highest BCUT2D eigenvalue weighted by molar-refractivity contribution is 5.88. The first-order valence-corrected chi connectivity index (χ1v) is 11.7. The van der Waals surface area contributed by atoms with Crippen molar-refractivity contribution in [1.82, 2.24) is 4.90 Å². The minimum atomic E-state index is -0.398. The van der Waals surface area contributed by atoms with Crippen molar-refractivity contribution in [3.63, 3.8) is 0 Å². The number of rotatable bonds is 7. The largest absolute Gasteiger partial charge is 0.449 e. The van der Waals surface area contributed by atoms with E-state index in [1.807, 2.05) is 42.5 Å². The van der Waals surface area contributed by atoms with Gasteiger partial charge in [0.2, 0.25) is 0 Å². The number of benzene rings is 3. The van der Waals surface area contributed by atoms with Gasteiger partial charge in [-0.05, 0) is 74.2 Å². The molecule has 1 aliphatic rings. The highest BCUT2D eigenvalue weighted by Crippen LogP contribution is 2.39. The molecule has 0 aromatic heterocycles. The van der Waals surface area contributed by atoms with Crippen molar-refractivity contribution in [2.24, 2.45) is 5.92 Å². The summed E-state index contributed by atoms with van der Waals surface area (Å²) in [6, 6.07) is 26.4. The van der Waals surface area contributed by atoms with E-state index in [1.165, 1.54) is 11.6 Å². The lowest BCUT2D eigenvalue weighted by Crippen LogP contribution is -2.43. The van der Waals surface area contributed by atoms with E-state index in [-0.39, 0.29) is 24.4 Å². The first-order valence-electron chi connectivity index (χ1n) is 11.7. The van der Waals surface area contributed by atoms with Crippen LogP contribution in [0.1, 0.15) is 36.9 Å². The Kier molecular flexibility index (Phi) is 7.74. The number of nitrogens with zero attached hydrogens (tertiary/aromatic N) is 2. The number of piperidine rings is 1. The van der Waals surface area contributed by atoms with Crippen LogP contribution in [0.5, 0.6) is 0 Å².